The number of hydrogen-bond donors (Lipinski definition) is 1. The molecular weight excluding hydrogens is 369 g/mol. The topological polar surface area (TPSA) is 44.8 Å². The Morgan fingerprint density at radius 3 is 2.59 bits per heavy atom. The second-order valence-corrected chi connectivity index (χ2v) is 7.11. The number of aryl methyl sites for hydroxylation is 1. The van der Waals surface area contributed by atoms with Gasteiger partial charge in [0.15, 0.2) is 6.61 Å². The number of likely N-dealkylation sites (N-methyl/N-ethyl adjacent to an activating group) is 1. The fourth-order valence-electron chi connectivity index (χ4n) is 3.07. The molecule has 2 aromatic carbocycles. The first kappa shape index (κ1) is 19.5. The minimum Gasteiger partial charge on any atom is -0.482 e. The lowest BCUT2D eigenvalue weighted by molar-refractivity contribution is -0.118. The molecule has 1 aliphatic rings. The first-order chi connectivity index (χ1) is 12.9. The molecule has 144 valence electrons. The molecule has 0 atom stereocenters. The van der Waals surface area contributed by atoms with Crippen LogP contribution in [0.4, 0.5) is 15.8 Å². The normalized spacial score (nSPS) is 14.9. The number of amides is 1. The zero-order valence-electron chi connectivity index (χ0n) is 15.5. The standard InChI is InChI=1S/C20H23ClFN3O2/c1-14-11-16(4-5-18(14)25-9-7-24(2)8-10-25)23-20(26)13-27-19-6-3-15(22)12-17(19)21/h3-6,11-12H,7-10,13H2,1-2H3,(H,23,26). The second-order valence-electron chi connectivity index (χ2n) is 6.70. The van der Waals surface area contributed by atoms with Gasteiger partial charge in [-0.2, -0.15) is 0 Å². The van der Waals surface area contributed by atoms with Crippen LogP contribution in [-0.4, -0.2) is 50.6 Å². The second kappa shape index (κ2) is 8.59. The number of nitrogens with zero attached hydrogens (tertiary/aromatic N) is 2. The predicted octanol–water partition coefficient (Wildman–Crippen LogP) is 3.56. The average molecular weight is 392 g/mol. The van der Waals surface area contributed by atoms with Gasteiger partial charge in [0.2, 0.25) is 0 Å². The summed E-state index contributed by atoms with van der Waals surface area (Å²) in [4.78, 5) is 16.8. The molecule has 3 rings (SSSR count). The molecule has 2 aromatic rings. The van der Waals surface area contributed by atoms with Gasteiger partial charge in [0.05, 0.1) is 5.02 Å². The molecular formula is C20H23ClFN3O2. The number of piperazine rings is 1. The third-order valence-electron chi connectivity index (χ3n) is 4.58. The van der Waals surface area contributed by atoms with Gasteiger partial charge in [0.25, 0.3) is 5.91 Å². The molecule has 0 aromatic heterocycles. The third-order valence-corrected chi connectivity index (χ3v) is 4.87. The van der Waals surface area contributed by atoms with Crippen LogP contribution in [0.25, 0.3) is 0 Å². The number of carbonyl (C=O) groups is 1. The van der Waals surface area contributed by atoms with Crippen molar-refractivity contribution >= 4 is 28.9 Å². The maximum atomic E-state index is 13.0. The van der Waals surface area contributed by atoms with Crippen LogP contribution in [0.3, 0.4) is 0 Å². The smallest absolute Gasteiger partial charge is 0.262 e. The van der Waals surface area contributed by atoms with E-state index in [2.05, 4.69) is 22.2 Å². The van der Waals surface area contributed by atoms with E-state index in [0.717, 1.165) is 37.8 Å². The number of ether oxygens (including phenoxy) is 1. The van der Waals surface area contributed by atoms with Crippen molar-refractivity contribution in [3.63, 3.8) is 0 Å². The van der Waals surface area contributed by atoms with Crippen LogP contribution >= 0.6 is 11.6 Å². The largest absolute Gasteiger partial charge is 0.482 e. The number of rotatable bonds is 5. The van der Waals surface area contributed by atoms with E-state index in [9.17, 15) is 9.18 Å². The molecule has 0 aliphatic carbocycles. The lowest BCUT2D eigenvalue weighted by atomic mass is 10.1. The van der Waals surface area contributed by atoms with Gasteiger partial charge in [-0.15, -0.1) is 0 Å². The Bertz CT molecular complexity index is 823. The number of hydrogen-bond acceptors (Lipinski definition) is 4. The number of halogens is 2. The zero-order valence-corrected chi connectivity index (χ0v) is 16.2. The van der Waals surface area contributed by atoms with Crippen LogP contribution < -0.4 is 15.0 Å². The van der Waals surface area contributed by atoms with Gasteiger partial charge in [-0.05, 0) is 55.9 Å². The summed E-state index contributed by atoms with van der Waals surface area (Å²) >= 11 is 5.89. The van der Waals surface area contributed by atoms with E-state index in [4.69, 9.17) is 16.3 Å². The lowest BCUT2D eigenvalue weighted by Crippen LogP contribution is -2.44. The monoisotopic (exact) mass is 391 g/mol. The van der Waals surface area contributed by atoms with Gasteiger partial charge >= 0.3 is 0 Å². The molecule has 0 saturated carbocycles. The van der Waals surface area contributed by atoms with Crippen molar-refractivity contribution in [3.05, 3.63) is 52.8 Å². The molecule has 0 spiro atoms. The molecule has 1 amide bonds. The minimum absolute atomic E-state index is 0.134. The molecule has 5 nitrogen and oxygen atoms in total. The van der Waals surface area contributed by atoms with E-state index < -0.39 is 5.82 Å². The fourth-order valence-corrected chi connectivity index (χ4v) is 3.29. The maximum Gasteiger partial charge on any atom is 0.262 e. The molecule has 1 saturated heterocycles. The third kappa shape index (κ3) is 5.11. The highest BCUT2D eigenvalue weighted by Crippen LogP contribution is 2.26. The van der Waals surface area contributed by atoms with Gasteiger partial charge in [0.1, 0.15) is 11.6 Å². The van der Waals surface area contributed by atoms with Crippen molar-refractivity contribution in [2.45, 2.75) is 6.92 Å². The SMILES string of the molecule is Cc1cc(NC(=O)COc2ccc(F)cc2Cl)ccc1N1CCN(C)CC1. The molecule has 0 bridgehead atoms. The lowest BCUT2D eigenvalue weighted by Gasteiger charge is -2.35. The Labute approximate surface area is 163 Å². The van der Waals surface area contributed by atoms with E-state index in [1.54, 1.807) is 0 Å². The van der Waals surface area contributed by atoms with E-state index in [1.165, 1.54) is 17.8 Å². The molecule has 1 fully saturated rings. The van der Waals surface area contributed by atoms with Gasteiger partial charge in [-0.3, -0.25) is 4.79 Å². The van der Waals surface area contributed by atoms with Crippen LogP contribution in [0.15, 0.2) is 36.4 Å². The van der Waals surface area contributed by atoms with Crippen LogP contribution in [0, 0.1) is 12.7 Å². The van der Waals surface area contributed by atoms with Crippen molar-refractivity contribution in [3.8, 4) is 5.75 Å². The molecule has 27 heavy (non-hydrogen) atoms. The summed E-state index contributed by atoms with van der Waals surface area (Å²) in [7, 11) is 2.13. The minimum atomic E-state index is -0.451. The van der Waals surface area contributed by atoms with Crippen LogP contribution in [0.1, 0.15) is 5.56 Å². The molecule has 0 radical (unpaired) electrons. The first-order valence-corrected chi connectivity index (χ1v) is 9.22. The number of nitrogens with one attached hydrogen (secondary N) is 1. The Balaban J connectivity index is 1.57. The Morgan fingerprint density at radius 1 is 1.19 bits per heavy atom. The average Bonchev–Trinajstić information content (AvgIpc) is 2.62. The highest BCUT2D eigenvalue weighted by molar-refractivity contribution is 6.32. The van der Waals surface area contributed by atoms with E-state index in [1.807, 2.05) is 25.1 Å². The quantitative estimate of drug-likeness (QED) is 0.846. The highest BCUT2D eigenvalue weighted by Gasteiger charge is 2.16. The molecule has 1 N–H and O–H groups in total. The van der Waals surface area contributed by atoms with E-state index in [-0.39, 0.29) is 23.3 Å². The number of carbonyl (C=O) groups excluding carboxylic acids is 1. The number of benzene rings is 2. The van der Waals surface area contributed by atoms with Crippen molar-refractivity contribution in [1.82, 2.24) is 4.90 Å². The van der Waals surface area contributed by atoms with Gasteiger partial charge in [0, 0.05) is 37.6 Å². The summed E-state index contributed by atoms with van der Waals surface area (Å²) in [6.07, 6.45) is 0. The number of anilines is 2. The van der Waals surface area contributed by atoms with Crippen molar-refractivity contribution in [2.24, 2.45) is 0 Å². The maximum absolute atomic E-state index is 13.0. The fraction of sp³-hybridized carbons (Fsp3) is 0.350. The van der Waals surface area contributed by atoms with Crippen molar-refractivity contribution in [1.29, 1.82) is 0 Å². The van der Waals surface area contributed by atoms with Crippen LogP contribution in [0.5, 0.6) is 5.75 Å². The first-order valence-electron chi connectivity index (χ1n) is 8.84. The summed E-state index contributed by atoms with van der Waals surface area (Å²) in [5.74, 6) is -0.482. The molecule has 1 heterocycles. The predicted molar refractivity (Wildman–Crippen MR) is 106 cm³/mol. The molecule has 7 heteroatoms. The Morgan fingerprint density at radius 2 is 1.93 bits per heavy atom. The van der Waals surface area contributed by atoms with Gasteiger partial charge in [-0.1, -0.05) is 11.6 Å². The molecule has 0 unspecified atom stereocenters. The van der Waals surface area contributed by atoms with Crippen LogP contribution in [-0.2, 0) is 4.79 Å². The summed E-state index contributed by atoms with van der Waals surface area (Å²) in [6, 6.07) is 9.67. The molecule has 1 aliphatic heterocycles. The van der Waals surface area contributed by atoms with Gasteiger partial charge in [-0.25, -0.2) is 4.39 Å². The Kier molecular flexibility index (Phi) is 6.19. The van der Waals surface area contributed by atoms with E-state index >= 15 is 0 Å². The Hall–Kier alpha value is -2.31. The summed E-state index contributed by atoms with van der Waals surface area (Å²) < 4.78 is 18.4. The van der Waals surface area contributed by atoms with Crippen LogP contribution in [0.2, 0.25) is 5.02 Å². The van der Waals surface area contributed by atoms with Crippen molar-refractivity contribution < 1.29 is 13.9 Å². The van der Waals surface area contributed by atoms with E-state index in [0.29, 0.717) is 5.69 Å². The summed E-state index contributed by atoms with van der Waals surface area (Å²) in [6.45, 7) is 5.91. The van der Waals surface area contributed by atoms with Crippen molar-refractivity contribution in [2.75, 3.05) is 50.1 Å². The highest BCUT2D eigenvalue weighted by atomic mass is 35.5. The summed E-state index contributed by atoms with van der Waals surface area (Å²) in [5, 5.41) is 2.95. The van der Waals surface area contributed by atoms with Gasteiger partial charge < -0.3 is 19.9 Å². The zero-order chi connectivity index (χ0) is 19.4. The summed E-state index contributed by atoms with van der Waals surface area (Å²) in [5.41, 5.74) is 3.01.